The summed E-state index contributed by atoms with van der Waals surface area (Å²) in [6.45, 7) is 1.11. The first-order valence-electron chi connectivity index (χ1n) is 6.65. The van der Waals surface area contributed by atoms with E-state index in [4.69, 9.17) is 0 Å². The number of hydrogen-bond donors (Lipinski definition) is 1. The normalized spacial score (nSPS) is 12.1. The molecule has 0 unspecified atom stereocenters. The largest absolute Gasteiger partial charge is 0.417 e. The van der Waals surface area contributed by atoms with Crippen LogP contribution in [0.4, 0.5) is 32.0 Å². The molecule has 2 aromatic rings. The lowest BCUT2D eigenvalue weighted by atomic mass is 9.94. The van der Waals surface area contributed by atoms with E-state index in [1.165, 1.54) is 6.07 Å². The van der Waals surface area contributed by atoms with Gasteiger partial charge in [-0.3, -0.25) is 4.79 Å². The van der Waals surface area contributed by atoms with Gasteiger partial charge >= 0.3 is 12.4 Å². The highest BCUT2D eigenvalue weighted by atomic mass is 19.4. The number of alkyl halides is 6. The van der Waals surface area contributed by atoms with E-state index >= 15 is 0 Å². The van der Waals surface area contributed by atoms with Gasteiger partial charge in [0.1, 0.15) is 0 Å². The Morgan fingerprint density at radius 2 is 1.38 bits per heavy atom. The third kappa shape index (κ3) is 3.87. The van der Waals surface area contributed by atoms with Crippen molar-refractivity contribution in [3.8, 4) is 11.1 Å². The quantitative estimate of drug-likeness (QED) is 0.729. The van der Waals surface area contributed by atoms with Gasteiger partial charge in [-0.1, -0.05) is 24.3 Å². The molecular formula is C16H11F6NO. The summed E-state index contributed by atoms with van der Waals surface area (Å²) >= 11 is 0. The van der Waals surface area contributed by atoms with E-state index in [0.717, 1.165) is 37.3 Å². The van der Waals surface area contributed by atoms with Gasteiger partial charge in [0.15, 0.2) is 0 Å². The monoisotopic (exact) mass is 347 g/mol. The number of nitrogens with one attached hydrogen (secondary N) is 1. The number of carbonyl (C=O) groups is 1. The highest BCUT2D eigenvalue weighted by Crippen LogP contribution is 2.43. The second-order valence-corrected chi connectivity index (χ2v) is 4.98. The smallest absolute Gasteiger partial charge is 0.326 e. The molecule has 0 saturated carbocycles. The fourth-order valence-electron chi connectivity index (χ4n) is 2.26. The van der Waals surface area contributed by atoms with Gasteiger partial charge < -0.3 is 5.32 Å². The Morgan fingerprint density at radius 1 is 0.833 bits per heavy atom. The second-order valence-electron chi connectivity index (χ2n) is 4.98. The molecule has 0 aliphatic rings. The lowest BCUT2D eigenvalue weighted by Crippen LogP contribution is -2.13. The molecule has 1 amide bonds. The average molecular weight is 347 g/mol. The van der Waals surface area contributed by atoms with Crippen molar-refractivity contribution in [3.05, 3.63) is 53.6 Å². The maximum absolute atomic E-state index is 13.3. The lowest BCUT2D eigenvalue weighted by Gasteiger charge is -2.18. The van der Waals surface area contributed by atoms with Gasteiger partial charge in [0, 0.05) is 12.6 Å². The van der Waals surface area contributed by atoms with Crippen LogP contribution in [0.1, 0.15) is 18.1 Å². The molecule has 0 heterocycles. The lowest BCUT2D eigenvalue weighted by molar-refractivity contribution is -0.139. The van der Waals surface area contributed by atoms with Crippen molar-refractivity contribution < 1.29 is 31.1 Å². The van der Waals surface area contributed by atoms with Crippen LogP contribution in [0.5, 0.6) is 0 Å². The molecule has 0 bridgehead atoms. The maximum atomic E-state index is 13.3. The number of amides is 1. The number of halogens is 6. The van der Waals surface area contributed by atoms with Gasteiger partial charge in [-0.2, -0.15) is 26.3 Å². The van der Waals surface area contributed by atoms with E-state index in [2.05, 4.69) is 5.32 Å². The van der Waals surface area contributed by atoms with Crippen LogP contribution in [0.25, 0.3) is 11.1 Å². The molecular weight excluding hydrogens is 336 g/mol. The first-order chi connectivity index (χ1) is 11.0. The molecule has 0 aromatic heterocycles. The standard InChI is InChI=1S/C16H11F6NO/c1-9(24)23-10-6-7-12(14(8-10)16(20,21)22)11-4-2-3-5-13(11)15(17,18)19/h2-8H,1H3,(H,23,24). The summed E-state index contributed by atoms with van der Waals surface area (Å²) < 4.78 is 79.1. The number of rotatable bonds is 2. The molecule has 0 radical (unpaired) electrons. The zero-order valence-corrected chi connectivity index (χ0v) is 12.2. The van der Waals surface area contributed by atoms with Crippen molar-refractivity contribution in [2.24, 2.45) is 0 Å². The molecule has 24 heavy (non-hydrogen) atoms. The average Bonchev–Trinajstić information content (AvgIpc) is 2.45. The number of hydrogen-bond acceptors (Lipinski definition) is 1. The molecule has 2 rings (SSSR count). The Balaban J connectivity index is 2.70. The maximum Gasteiger partial charge on any atom is 0.417 e. The Morgan fingerprint density at radius 3 is 1.92 bits per heavy atom. The number of anilines is 1. The number of benzene rings is 2. The summed E-state index contributed by atoms with van der Waals surface area (Å²) in [7, 11) is 0. The topological polar surface area (TPSA) is 29.1 Å². The Hall–Kier alpha value is -2.51. The molecule has 2 nitrogen and oxygen atoms in total. The SMILES string of the molecule is CC(=O)Nc1ccc(-c2ccccc2C(F)(F)F)c(C(F)(F)F)c1. The van der Waals surface area contributed by atoms with Crippen molar-refractivity contribution in [3.63, 3.8) is 0 Å². The van der Waals surface area contributed by atoms with E-state index in [9.17, 15) is 31.1 Å². The summed E-state index contributed by atoms with van der Waals surface area (Å²) in [5, 5.41) is 2.18. The first-order valence-corrected chi connectivity index (χ1v) is 6.65. The zero-order valence-electron chi connectivity index (χ0n) is 12.2. The second kappa shape index (κ2) is 6.18. The van der Waals surface area contributed by atoms with Crippen LogP contribution in [0.15, 0.2) is 42.5 Å². The molecule has 0 spiro atoms. The predicted octanol–water partition coefficient (Wildman–Crippen LogP) is 5.35. The minimum atomic E-state index is -4.89. The van der Waals surface area contributed by atoms with Crippen LogP contribution >= 0.6 is 0 Å². The van der Waals surface area contributed by atoms with Gasteiger partial charge in [-0.25, -0.2) is 0 Å². The third-order valence-corrected chi connectivity index (χ3v) is 3.17. The zero-order chi connectivity index (χ0) is 18.1. The van der Waals surface area contributed by atoms with Crippen molar-refractivity contribution in [2.45, 2.75) is 19.3 Å². The van der Waals surface area contributed by atoms with E-state index in [1.54, 1.807) is 0 Å². The molecule has 1 N–H and O–H groups in total. The third-order valence-electron chi connectivity index (χ3n) is 3.17. The summed E-state index contributed by atoms with van der Waals surface area (Å²) in [5.41, 5.74) is -3.76. The predicted molar refractivity (Wildman–Crippen MR) is 76.2 cm³/mol. The van der Waals surface area contributed by atoms with Crippen LogP contribution < -0.4 is 5.32 Å². The molecule has 8 heteroatoms. The fraction of sp³-hybridized carbons (Fsp3) is 0.188. The summed E-state index contributed by atoms with van der Waals surface area (Å²) in [5.74, 6) is -0.591. The highest BCUT2D eigenvalue weighted by molar-refractivity contribution is 5.89. The molecule has 128 valence electrons. The molecule has 0 aliphatic heterocycles. The van der Waals surface area contributed by atoms with E-state index in [-0.39, 0.29) is 5.69 Å². The molecule has 0 saturated heterocycles. The van der Waals surface area contributed by atoms with Crippen LogP contribution in [0.2, 0.25) is 0 Å². The fourth-order valence-corrected chi connectivity index (χ4v) is 2.26. The Bertz CT molecular complexity index is 764. The summed E-state index contributed by atoms with van der Waals surface area (Å²) in [6, 6.07) is 6.68. The van der Waals surface area contributed by atoms with E-state index in [0.29, 0.717) is 6.07 Å². The van der Waals surface area contributed by atoms with E-state index in [1.807, 2.05) is 0 Å². The molecule has 2 aromatic carbocycles. The number of carbonyl (C=O) groups excluding carboxylic acids is 1. The molecule has 0 atom stereocenters. The van der Waals surface area contributed by atoms with Crippen molar-refractivity contribution in [1.29, 1.82) is 0 Å². The van der Waals surface area contributed by atoms with Gasteiger partial charge in [-0.15, -0.1) is 0 Å². The molecule has 0 fully saturated rings. The van der Waals surface area contributed by atoms with Gasteiger partial charge in [0.2, 0.25) is 5.91 Å². The van der Waals surface area contributed by atoms with Crippen LogP contribution in [-0.2, 0) is 17.1 Å². The van der Waals surface area contributed by atoms with E-state index < -0.39 is 40.5 Å². The van der Waals surface area contributed by atoms with Crippen LogP contribution in [0, 0.1) is 0 Å². The minimum Gasteiger partial charge on any atom is -0.326 e. The highest BCUT2D eigenvalue weighted by Gasteiger charge is 2.38. The van der Waals surface area contributed by atoms with Crippen molar-refractivity contribution >= 4 is 11.6 Å². The molecule has 0 aliphatic carbocycles. The van der Waals surface area contributed by atoms with Crippen molar-refractivity contribution in [1.82, 2.24) is 0 Å². The van der Waals surface area contributed by atoms with Gasteiger partial charge in [-0.05, 0) is 29.3 Å². The van der Waals surface area contributed by atoms with Gasteiger partial charge in [0.05, 0.1) is 11.1 Å². The van der Waals surface area contributed by atoms with Crippen LogP contribution in [0.3, 0.4) is 0 Å². The minimum absolute atomic E-state index is 0.150. The first kappa shape index (κ1) is 17.8. The van der Waals surface area contributed by atoms with Gasteiger partial charge in [0.25, 0.3) is 0 Å². The van der Waals surface area contributed by atoms with Crippen molar-refractivity contribution in [2.75, 3.05) is 5.32 Å². The van der Waals surface area contributed by atoms with Crippen LogP contribution in [-0.4, -0.2) is 5.91 Å². The summed E-state index contributed by atoms with van der Waals surface area (Å²) in [4.78, 5) is 11.0. The Kier molecular flexibility index (Phi) is 4.59. The Labute approximate surface area is 133 Å². The summed E-state index contributed by atoms with van der Waals surface area (Å²) in [6.07, 6.45) is -9.68.